The highest BCUT2D eigenvalue weighted by molar-refractivity contribution is 5.86. The van der Waals surface area contributed by atoms with E-state index in [0.29, 0.717) is 12.8 Å². The van der Waals surface area contributed by atoms with E-state index in [0.717, 1.165) is 5.56 Å². The molecule has 94 valence electrons. The van der Waals surface area contributed by atoms with Crippen molar-refractivity contribution in [2.45, 2.75) is 45.2 Å². The first-order chi connectivity index (χ1) is 8.03. The lowest BCUT2D eigenvalue weighted by atomic mass is 9.92. The number of amides is 1. The van der Waals surface area contributed by atoms with E-state index >= 15 is 0 Å². The fourth-order valence-electron chi connectivity index (χ4n) is 1.74. The topological polar surface area (TPSA) is 55.1 Å². The van der Waals surface area contributed by atoms with Gasteiger partial charge >= 0.3 is 0 Å². The van der Waals surface area contributed by atoms with Crippen molar-refractivity contribution in [2.75, 3.05) is 0 Å². The molecule has 0 saturated heterocycles. The Kier molecular flexibility index (Phi) is 4.70. The molecule has 17 heavy (non-hydrogen) atoms. The minimum absolute atomic E-state index is 0.00951. The molecular formula is C14H22N2O. The molecule has 1 amide bonds. The zero-order valence-corrected chi connectivity index (χ0v) is 10.9. The first kappa shape index (κ1) is 13.7. The molecule has 0 saturated carbocycles. The van der Waals surface area contributed by atoms with Gasteiger partial charge in [-0.25, -0.2) is 0 Å². The highest BCUT2D eigenvalue weighted by Gasteiger charge is 2.30. The van der Waals surface area contributed by atoms with Gasteiger partial charge < -0.3 is 11.1 Å². The van der Waals surface area contributed by atoms with Crippen molar-refractivity contribution in [1.82, 2.24) is 5.32 Å². The smallest absolute Gasteiger partial charge is 0.240 e. The van der Waals surface area contributed by atoms with Gasteiger partial charge in [-0.2, -0.15) is 0 Å². The van der Waals surface area contributed by atoms with Gasteiger partial charge in [-0.05, 0) is 25.3 Å². The monoisotopic (exact) mass is 234 g/mol. The summed E-state index contributed by atoms with van der Waals surface area (Å²) in [5, 5.41) is 2.97. The second kappa shape index (κ2) is 5.82. The first-order valence-corrected chi connectivity index (χ1v) is 6.18. The van der Waals surface area contributed by atoms with Crippen LogP contribution in [-0.4, -0.2) is 11.4 Å². The second-order valence-corrected chi connectivity index (χ2v) is 4.47. The predicted molar refractivity (Wildman–Crippen MR) is 70.5 cm³/mol. The Morgan fingerprint density at radius 2 is 1.82 bits per heavy atom. The van der Waals surface area contributed by atoms with Crippen molar-refractivity contribution < 1.29 is 4.79 Å². The summed E-state index contributed by atoms with van der Waals surface area (Å²) in [5.41, 5.74) is 6.40. The van der Waals surface area contributed by atoms with Gasteiger partial charge in [0.15, 0.2) is 0 Å². The quantitative estimate of drug-likeness (QED) is 0.822. The Morgan fingerprint density at radius 3 is 2.29 bits per heavy atom. The molecule has 0 fully saturated rings. The summed E-state index contributed by atoms with van der Waals surface area (Å²) in [5.74, 6) is -0.0705. The average molecular weight is 234 g/mol. The van der Waals surface area contributed by atoms with Gasteiger partial charge in [0.05, 0.1) is 11.6 Å². The van der Waals surface area contributed by atoms with Gasteiger partial charge in [0, 0.05) is 0 Å². The molecule has 1 aromatic carbocycles. The number of benzene rings is 1. The Hall–Kier alpha value is -1.35. The van der Waals surface area contributed by atoms with Crippen LogP contribution in [0.4, 0.5) is 0 Å². The van der Waals surface area contributed by atoms with E-state index in [9.17, 15) is 4.79 Å². The average Bonchev–Trinajstić information content (AvgIpc) is 2.38. The van der Waals surface area contributed by atoms with Crippen LogP contribution < -0.4 is 11.1 Å². The van der Waals surface area contributed by atoms with Gasteiger partial charge in [0.25, 0.3) is 0 Å². The van der Waals surface area contributed by atoms with Gasteiger partial charge in [-0.1, -0.05) is 44.2 Å². The first-order valence-electron chi connectivity index (χ1n) is 6.18. The van der Waals surface area contributed by atoms with Gasteiger partial charge in [-0.3, -0.25) is 4.79 Å². The summed E-state index contributed by atoms with van der Waals surface area (Å²) < 4.78 is 0. The normalized spacial score (nSPS) is 13.2. The van der Waals surface area contributed by atoms with Crippen LogP contribution in [0.25, 0.3) is 0 Å². The molecule has 0 spiro atoms. The number of carbonyl (C=O) groups is 1. The maximum absolute atomic E-state index is 12.1. The fraction of sp³-hybridized carbons (Fsp3) is 0.500. The number of hydrogen-bond acceptors (Lipinski definition) is 2. The Labute approximate surface area is 103 Å². The largest absolute Gasteiger partial charge is 0.348 e. The van der Waals surface area contributed by atoms with Crippen LogP contribution in [0.5, 0.6) is 0 Å². The molecule has 3 nitrogen and oxygen atoms in total. The Morgan fingerprint density at radius 1 is 1.29 bits per heavy atom. The number of nitrogens with one attached hydrogen (secondary N) is 1. The van der Waals surface area contributed by atoms with Gasteiger partial charge in [-0.15, -0.1) is 0 Å². The fourth-order valence-corrected chi connectivity index (χ4v) is 1.74. The van der Waals surface area contributed by atoms with Crippen LogP contribution in [0.15, 0.2) is 30.3 Å². The maximum atomic E-state index is 12.1. The molecule has 0 heterocycles. The second-order valence-electron chi connectivity index (χ2n) is 4.47. The van der Waals surface area contributed by atoms with Gasteiger partial charge in [0.1, 0.15) is 0 Å². The number of carbonyl (C=O) groups excluding carboxylic acids is 1. The van der Waals surface area contributed by atoms with E-state index < -0.39 is 5.54 Å². The number of rotatable bonds is 5. The zero-order chi connectivity index (χ0) is 12.9. The third-order valence-corrected chi connectivity index (χ3v) is 3.36. The summed E-state index contributed by atoms with van der Waals surface area (Å²) in [6.07, 6.45) is 1.30. The molecule has 3 N–H and O–H groups in total. The molecule has 0 aliphatic heterocycles. The lowest BCUT2D eigenvalue weighted by Gasteiger charge is -2.27. The number of nitrogens with two attached hydrogens (primary N) is 1. The minimum Gasteiger partial charge on any atom is -0.348 e. The maximum Gasteiger partial charge on any atom is 0.240 e. The molecule has 0 bridgehead atoms. The van der Waals surface area contributed by atoms with Crippen molar-refractivity contribution >= 4 is 5.91 Å². The predicted octanol–water partition coefficient (Wildman–Crippen LogP) is 2.38. The van der Waals surface area contributed by atoms with Crippen LogP contribution in [0.3, 0.4) is 0 Å². The van der Waals surface area contributed by atoms with Crippen molar-refractivity contribution in [1.29, 1.82) is 0 Å². The molecule has 0 aromatic heterocycles. The van der Waals surface area contributed by atoms with Crippen molar-refractivity contribution in [3.8, 4) is 0 Å². The Balaban J connectivity index is 2.69. The molecular weight excluding hydrogens is 212 g/mol. The highest BCUT2D eigenvalue weighted by atomic mass is 16.2. The lowest BCUT2D eigenvalue weighted by Crippen LogP contribution is -2.53. The molecule has 0 aliphatic carbocycles. The molecule has 0 unspecified atom stereocenters. The van der Waals surface area contributed by atoms with Crippen LogP contribution >= 0.6 is 0 Å². The molecule has 0 radical (unpaired) electrons. The third-order valence-electron chi connectivity index (χ3n) is 3.36. The molecule has 1 aromatic rings. The van der Waals surface area contributed by atoms with E-state index in [1.807, 2.05) is 51.1 Å². The van der Waals surface area contributed by atoms with E-state index in [2.05, 4.69) is 5.32 Å². The van der Waals surface area contributed by atoms with Crippen molar-refractivity contribution in [3.63, 3.8) is 0 Å². The number of hydrogen-bond donors (Lipinski definition) is 2. The summed E-state index contributed by atoms with van der Waals surface area (Å²) in [6.45, 7) is 5.85. The van der Waals surface area contributed by atoms with Crippen molar-refractivity contribution in [3.05, 3.63) is 35.9 Å². The lowest BCUT2D eigenvalue weighted by molar-refractivity contribution is -0.127. The summed E-state index contributed by atoms with van der Waals surface area (Å²) in [7, 11) is 0. The van der Waals surface area contributed by atoms with Crippen LogP contribution in [0, 0.1) is 0 Å². The van der Waals surface area contributed by atoms with Crippen LogP contribution in [-0.2, 0) is 4.79 Å². The molecule has 1 atom stereocenters. The van der Waals surface area contributed by atoms with Crippen LogP contribution in [0.2, 0.25) is 0 Å². The van der Waals surface area contributed by atoms with E-state index in [-0.39, 0.29) is 11.9 Å². The minimum atomic E-state index is -0.747. The summed E-state index contributed by atoms with van der Waals surface area (Å²) in [6, 6.07) is 9.89. The Bertz CT molecular complexity index is 358. The van der Waals surface area contributed by atoms with Crippen LogP contribution in [0.1, 0.15) is 45.2 Å². The third kappa shape index (κ3) is 3.30. The van der Waals surface area contributed by atoms with E-state index in [1.165, 1.54) is 0 Å². The summed E-state index contributed by atoms with van der Waals surface area (Å²) in [4.78, 5) is 12.1. The summed E-state index contributed by atoms with van der Waals surface area (Å²) >= 11 is 0. The SMILES string of the molecule is CCC(N)(CC)C(=O)N[C@@H](C)c1ccccc1. The molecule has 1 rings (SSSR count). The van der Waals surface area contributed by atoms with Gasteiger partial charge in [0.2, 0.25) is 5.91 Å². The van der Waals surface area contributed by atoms with Crippen molar-refractivity contribution in [2.24, 2.45) is 5.73 Å². The zero-order valence-electron chi connectivity index (χ0n) is 10.9. The molecule has 0 aliphatic rings. The van der Waals surface area contributed by atoms with E-state index in [4.69, 9.17) is 5.73 Å². The highest BCUT2D eigenvalue weighted by Crippen LogP contribution is 2.16. The molecule has 3 heteroatoms. The van der Waals surface area contributed by atoms with E-state index in [1.54, 1.807) is 0 Å². The standard InChI is InChI=1S/C14H22N2O/c1-4-14(15,5-2)13(17)16-11(3)12-9-7-6-8-10-12/h6-11H,4-5,15H2,1-3H3,(H,16,17)/t11-/m0/s1.